The molecule has 9 heteroatoms. The lowest BCUT2D eigenvalue weighted by Crippen LogP contribution is -2.57. The van der Waals surface area contributed by atoms with Crippen LogP contribution in [-0.4, -0.2) is 57.8 Å². The van der Waals surface area contributed by atoms with E-state index in [9.17, 15) is 0 Å². The maximum absolute atomic E-state index is 5.61. The van der Waals surface area contributed by atoms with Gasteiger partial charge in [-0.05, 0) is 33.0 Å². The Morgan fingerprint density at radius 2 is 1.97 bits per heavy atom. The van der Waals surface area contributed by atoms with Crippen LogP contribution in [0.2, 0.25) is 0 Å². The molecule has 0 bridgehead atoms. The summed E-state index contributed by atoms with van der Waals surface area (Å²) >= 11 is 0. The van der Waals surface area contributed by atoms with E-state index < -0.39 is 0 Å². The van der Waals surface area contributed by atoms with E-state index in [1.165, 1.54) is 0 Å². The first kappa shape index (κ1) is 19.5. The minimum absolute atomic E-state index is 0.282. The summed E-state index contributed by atoms with van der Waals surface area (Å²) in [5.74, 6) is 1.89. The Morgan fingerprint density at radius 1 is 1.13 bits per heavy atom. The number of nitrogens with zero attached hydrogens (tertiary/aromatic N) is 6. The monoisotopic (exact) mass is 418 g/mol. The van der Waals surface area contributed by atoms with Crippen molar-refractivity contribution in [2.45, 2.75) is 25.9 Å². The van der Waals surface area contributed by atoms with Crippen molar-refractivity contribution in [2.75, 3.05) is 37.5 Å². The van der Waals surface area contributed by atoms with Gasteiger partial charge in [0.2, 0.25) is 5.95 Å². The molecule has 1 aliphatic rings. The number of fused-ring (bicyclic) bond motifs is 3. The molecule has 0 aliphatic carbocycles. The number of likely N-dealkylation sites (N-methyl/N-ethyl adjacent to an activating group) is 1. The van der Waals surface area contributed by atoms with Crippen molar-refractivity contribution < 1.29 is 4.74 Å². The Morgan fingerprint density at radius 3 is 2.71 bits per heavy atom. The Bertz CT molecular complexity index is 1250. The van der Waals surface area contributed by atoms with Gasteiger partial charge in [0.05, 0.1) is 36.4 Å². The van der Waals surface area contributed by atoms with Crippen LogP contribution >= 0.6 is 0 Å². The summed E-state index contributed by atoms with van der Waals surface area (Å²) in [6.45, 7) is 6.15. The van der Waals surface area contributed by atoms with Crippen molar-refractivity contribution in [3.8, 4) is 5.75 Å². The molecule has 0 amide bonds. The molecular formula is C22H26N8O. The molecule has 4 aromatic rings. The van der Waals surface area contributed by atoms with Crippen LogP contribution in [0.4, 0.5) is 17.5 Å². The topological polar surface area (TPSA) is 93.0 Å². The van der Waals surface area contributed by atoms with Gasteiger partial charge in [-0.1, -0.05) is 0 Å². The second-order valence-electron chi connectivity index (χ2n) is 8.07. The van der Waals surface area contributed by atoms with E-state index >= 15 is 0 Å². The Balaban J connectivity index is 1.47. The van der Waals surface area contributed by atoms with Gasteiger partial charge in [-0.3, -0.25) is 0 Å². The third kappa shape index (κ3) is 3.40. The molecule has 5 rings (SSSR count). The van der Waals surface area contributed by atoms with E-state index in [1.807, 2.05) is 44.0 Å². The number of ether oxygens (including phenoxy) is 1. The summed E-state index contributed by atoms with van der Waals surface area (Å²) in [6.07, 6.45) is 5.52. The van der Waals surface area contributed by atoms with E-state index in [2.05, 4.69) is 48.9 Å². The zero-order valence-corrected chi connectivity index (χ0v) is 18.1. The molecule has 1 aliphatic heterocycles. The van der Waals surface area contributed by atoms with E-state index in [-0.39, 0.29) is 6.04 Å². The Kier molecular flexibility index (Phi) is 4.82. The van der Waals surface area contributed by atoms with Gasteiger partial charge in [0.1, 0.15) is 17.1 Å². The third-order valence-electron chi connectivity index (χ3n) is 5.78. The summed E-state index contributed by atoms with van der Waals surface area (Å²) in [4.78, 5) is 20.6. The van der Waals surface area contributed by atoms with Crippen molar-refractivity contribution in [3.05, 3.63) is 36.9 Å². The number of benzene rings is 1. The number of hydrogen-bond donors (Lipinski definition) is 2. The van der Waals surface area contributed by atoms with Gasteiger partial charge in [-0.25, -0.2) is 19.9 Å². The van der Waals surface area contributed by atoms with E-state index in [4.69, 9.17) is 9.72 Å². The number of aromatic nitrogens is 5. The van der Waals surface area contributed by atoms with Crippen LogP contribution in [0.15, 0.2) is 36.9 Å². The first-order chi connectivity index (χ1) is 15.1. The molecule has 0 atom stereocenters. The molecule has 0 unspecified atom stereocenters. The summed E-state index contributed by atoms with van der Waals surface area (Å²) in [6, 6.07) is 6.68. The van der Waals surface area contributed by atoms with E-state index in [0.29, 0.717) is 17.8 Å². The predicted molar refractivity (Wildman–Crippen MR) is 122 cm³/mol. The first-order valence-corrected chi connectivity index (χ1v) is 10.4. The summed E-state index contributed by atoms with van der Waals surface area (Å²) in [7, 11) is 3.66. The lowest BCUT2D eigenvalue weighted by Gasteiger charge is -2.41. The fourth-order valence-electron chi connectivity index (χ4n) is 3.94. The predicted octanol–water partition coefficient (Wildman–Crippen LogP) is 3.12. The second-order valence-corrected chi connectivity index (χ2v) is 8.07. The van der Waals surface area contributed by atoms with Gasteiger partial charge in [0.25, 0.3) is 0 Å². The standard InChI is InChI=1S/C22H26N8O/c1-13(2)30-12-26-16-6-5-14-8-25-22(28-20(14)21(16)30)27-19-7-18(31-4)17(9-24-19)29-10-15(11-29)23-3/h5-9,12-13,15,23H,10-11H2,1-4H3,(H,24,25,27,28). The molecule has 4 heterocycles. The van der Waals surface area contributed by atoms with Crippen LogP contribution in [0.25, 0.3) is 21.9 Å². The van der Waals surface area contributed by atoms with Gasteiger partial charge in [-0.15, -0.1) is 0 Å². The summed E-state index contributed by atoms with van der Waals surface area (Å²) < 4.78 is 7.75. The maximum atomic E-state index is 5.61. The second kappa shape index (κ2) is 7.66. The van der Waals surface area contributed by atoms with E-state index in [1.54, 1.807) is 7.11 Å². The average Bonchev–Trinajstić information content (AvgIpc) is 3.19. The molecule has 2 N–H and O–H groups in total. The molecule has 31 heavy (non-hydrogen) atoms. The molecule has 9 nitrogen and oxygen atoms in total. The molecule has 160 valence electrons. The molecule has 1 fully saturated rings. The van der Waals surface area contributed by atoms with Crippen LogP contribution in [0, 0.1) is 0 Å². The Hall–Kier alpha value is -3.46. The van der Waals surface area contributed by atoms with Crippen molar-refractivity contribution in [1.29, 1.82) is 0 Å². The fourth-order valence-corrected chi connectivity index (χ4v) is 3.94. The van der Waals surface area contributed by atoms with Crippen LogP contribution in [0.5, 0.6) is 5.75 Å². The molecule has 1 saturated heterocycles. The Labute approximate surface area is 180 Å². The highest BCUT2D eigenvalue weighted by atomic mass is 16.5. The highest BCUT2D eigenvalue weighted by Crippen LogP contribution is 2.33. The number of pyridine rings is 1. The number of nitrogens with one attached hydrogen (secondary N) is 2. The van der Waals surface area contributed by atoms with Gasteiger partial charge >= 0.3 is 0 Å². The quantitative estimate of drug-likeness (QED) is 0.493. The smallest absolute Gasteiger partial charge is 0.228 e. The molecule has 0 radical (unpaired) electrons. The van der Waals surface area contributed by atoms with Crippen molar-refractivity contribution >= 4 is 39.4 Å². The zero-order chi connectivity index (χ0) is 21.5. The van der Waals surface area contributed by atoms with E-state index in [0.717, 1.165) is 46.5 Å². The van der Waals surface area contributed by atoms with Crippen LogP contribution in [0.1, 0.15) is 19.9 Å². The first-order valence-electron chi connectivity index (χ1n) is 10.4. The van der Waals surface area contributed by atoms with Crippen molar-refractivity contribution in [3.63, 3.8) is 0 Å². The number of imidazole rings is 1. The third-order valence-corrected chi connectivity index (χ3v) is 5.78. The minimum atomic E-state index is 0.282. The molecule has 0 saturated carbocycles. The number of rotatable bonds is 6. The van der Waals surface area contributed by atoms with Crippen molar-refractivity contribution in [1.82, 2.24) is 29.8 Å². The van der Waals surface area contributed by atoms with Gasteiger partial charge in [0, 0.05) is 42.8 Å². The number of hydrogen-bond acceptors (Lipinski definition) is 8. The summed E-state index contributed by atoms with van der Waals surface area (Å²) in [5.41, 5.74) is 3.78. The van der Waals surface area contributed by atoms with Crippen LogP contribution in [-0.2, 0) is 0 Å². The molecule has 1 aromatic carbocycles. The number of methoxy groups -OCH3 is 1. The largest absolute Gasteiger partial charge is 0.494 e. The van der Waals surface area contributed by atoms with Crippen LogP contribution in [0.3, 0.4) is 0 Å². The normalized spacial score (nSPS) is 14.4. The lowest BCUT2D eigenvalue weighted by atomic mass is 10.1. The molecular weight excluding hydrogens is 392 g/mol. The van der Waals surface area contributed by atoms with Crippen LogP contribution < -0.4 is 20.3 Å². The minimum Gasteiger partial charge on any atom is -0.494 e. The van der Waals surface area contributed by atoms with Gasteiger partial charge < -0.3 is 24.8 Å². The fraction of sp³-hybridized carbons (Fsp3) is 0.364. The highest BCUT2D eigenvalue weighted by Gasteiger charge is 2.27. The van der Waals surface area contributed by atoms with Gasteiger partial charge in [-0.2, -0.15) is 0 Å². The van der Waals surface area contributed by atoms with Crippen molar-refractivity contribution in [2.24, 2.45) is 0 Å². The van der Waals surface area contributed by atoms with Gasteiger partial charge in [0.15, 0.2) is 0 Å². The number of anilines is 3. The summed E-state index contributed by atoms with van der Waals surface area (Å²) in [5, 5.41) is 7.48. The highest BCUT2D eigenvalue weighted by molar-refractivity contribution is 6.02. The molecule has 3 aromatic heterocycles. The average molecular weight is 419 g/mol. The lowest BCUT2D eigenvalue weighted by molar-refractivity contribution is 0.401. The SMILES string of the molecule is CNC1CN(c2cnc(Nc3ncc4ccc5ncn(C(C)C)c5c4n3)cc2OC)C1. The maximum Gasteiger partial charge on any atom is 0.228 e. The zero-order valence-electron chi connectivity index (χ0n) is 18.1. The molecule has 0 spiro atoms.